The zero-order valence-electron chi connectivity index (χ0n) is 24.1. The molecule has 0 amide bonds. The van der Waals surface area contributed by atoms with Crippen molar-refractivity contribution in [2.45, 2.75) is 0 Å². The first-order valence-electron chi connectivity index (χ1n) is 14.9. The summed E-state index contributed by atoms with van der Waals surface area (Å²) in [7, 11) is 0. The van der Waals surface area contributed by atoms with Crippen molar-refractivity contribution < 1.29 is 4.42 Å². The van der Waals surface area contributed by atoms with Crippen LogP contribution < -0.4 is 4.90 Å². The van der Waals surface area contributed by atoms with Crippen LogP contribution >= 0.6 is 0 Å². The van der Waals surface area contributed by atoms with Crippen LogP contribution in [0.25, 0.3) is 55.3 Å². The van der Waals surface area contributed by atoms with E-state index in [1.165, 1.54) is 27.5 Å². The lowest BCUT2D eigenvalue weighted by Gasteiger charge is -2.29. The molecule has 1 aromatic heterocycles. The molecule has 208 valence electrons. The largest absolute Gasteiger partial charge is 0.456 e. The van der Waals surface area contributed by atoms with E-state index >= 15 is 0 Å². The molecule has 7 aromatic carbocycles. The van der Waals surface area contributed by atoms with Gasteiger partial charge in [0.15, 0.2) is 0 Å². The number of benzene rings is 7. The van der Waals surface area contributed by atoms with E-state index < -0.39 is 0 Å². The monoisotopic (exact) mass is 563 g/mol. The van der Waals surface area contributed by atoms with Crippen LogP contribution in [0.2, 0.25) is 0 Å². The zero-order valence-corrected chi connectivity index (χ0v) is 24.1. The highest BCUT2D eigenvalue weighted by Gasteiger charge is 2.21. The molecule has 0 aliphatic carbocycles. The lowest BCUT2D eigenvalue weighted by molar-refractivity contribution is 0.631. The maximum atomic E-state index is 6.42. The van der Waals surface area contributed by atoms with Crippen molar-refractivity contribution in [1.82, 2.24) is 0 Å². The van der Waals surface area contributed by atoms with Gasteiger partial charge in [-0.2, -0.15) is 0 Å². The van der Waals surface area contributed by atoms with Gasteiger partial charge >= 0.3 is 0 Å². The van der Waals surface area contributed by atoms with E-state index in [9.17, 15) is 0 Å². The highest BCUT2D eigenvalue weighted by Crippen LogP contribution is 2.45. The molecule has 0 radical (unpaired) electrons. The van der Waals surface area contributed by atoms with Gasteiger partial charge in [0.1, 0.15) is 11.3 Å². The van der Waals surface area contributed by atoms with E-state index in [4.69, 9.17) is 4.42 Å². The molecule has 0 unspecified atom stereocenters. The molecule has 2 nitrogen and oxygen atoms in total. The van der Waals surface area contributed by atoms with Crippen LogP contribution in [0.5, 0.6) is 0 Å². The SMILES string of the molecule is c1ccc(-c2ccccc2N(c2ccc(-c3cccc4ccccc34)cc2)c2ccccc2-c2cc3ccccc3o2)cc1. The molecule has 44 heavy (non-hydrogen) atoms. The molecule has 2 heteroatoms. The summed E-state index contributed by atoms with van der Waals surface area (Å²) in [5.41, 5.74) is 9.87. The summed E-state index contributed by atoms with van der Waals surface area (Å²) in [4.78, 5) is 2.36. The molecular weight excluding hydrogens is 534 g/mol. The number of para-hydroxylation sites is 3. The predicted octanol–water partition coefficient (Wildman–Crippen LogP) is 12.1. The maximum absolute atomic E-state index is 6.42. The van der Waals surface area contributed by atoms with E-state index in [0.29, 0.717) is 0 Å². The highest BCUT2D eigenvalue weighted by molar-refractivity contribution is 5.98. The second kappa shape index (κ2) is 11.1. The normalized spacial score (nSPS) is 11.2. The smallest absolute Gasteiger partial charge is 0.137 e. The van der Waals surface area contributed by atoms with Gasteiger partial charge in [-0.05, 0) is 69.9 Å². The minimum atomic E-state index is 0.844. The number of rotatable bonds is 6. The topological polar surface area (TPSA) is 16.4 Å². The zero-order chi connectivity index (χ0) is 29.3. The average Bonchev–Trinajstić information content (AvgIpc) is 3.54. The van der Waals surface area contributed by atoms with Crippen LogP contribution in [-0.2, 0) is 0 Å². The van der Waals surface area contributed by atoms with Gasteiger partial charge in [-0.3, -0.25) is 0 Å². The lowest BCUT2D eigenvalue weighted by atomic mass is 9.97. The first kappa shape index (κ1) is 25.8. The second-order valence-corrected chi connectivity index (χ2v) is 11.0. The number of hydrogen-bond acceptors (Lipinski definition) is 2. The lowest BCUT2D eigenvalue weighted by Crippen LogP contribution is -2.12. The molecule has 1 heterocycles. The molecule has 8 aromatic rings. The molecule has 0 atom stereocenters. The third-order valence-corrected chi connectivity index (χ3v) is 8.29. The Morgan fingerprint density at radius 1 is 0.386 bits per heavy atom. The predicted molar refractivity (Wildman–Crippen MR) is 185 cm³/mol. The Morgan fingerprint density at radius 3 is 1.75 bits per heavy atom. The molecule has 0 fully saturated rings. The van der Waals surface area contributed by atoms with Gasteiger partial charge < -0.3 is 9.32 Å². The maximum Gasteiger partial charge on any atom is 0.137 e. The van der Waals surface area contributed by atoms with Crippen molar-refractivity contribution in [2.75, 3.05) is 4.90 Å². The van der Waals surface area contributed by atoms with Gasteiger partial charge in [-0.1, -0.05) is 133 Å². The van der Waals surface area contributed by atoms with Gasteiger partial charge in [0.05, 0.1) is 11.4 Å². The molecule has 8 rings (SSSR count). The van der Waals surface area contributed by atoms with Gasteiger partial charge in [-0.25, -0.2) is 0 Å². The highest BCUT2D eigenvalue weighted by atomic mass is 16.3. The number of hydrogen-bond donors (Lipinski definition) is 0. The van der Waals surface area contributed by atoms with Crippen LogP contribution in [0.4, 0.5) is 17.1 Å². The molecule has 0 bridgehead atoms. The van der Waals surface area contributed by atoms with Gasteiger partial charge in [0.2, 0.25) is 0 Å². The van der Waals surface area contributed by atoms with E-state index in [1.807, 2.05) is 18.2 Å². The third-order valence-electron chi connectivity index (χ3n) is 8.29. The average molecular weight is 564 g/mol. The second-order valence-electron chi connectivity index (χ2n) is 11.0. The molecule has 0 aliphatic rings. The minimum absolute atomic E-state index is 0.844. The standard InChI is InChI=1S/C42H29NO/c1-2-13-31(14-3-1)37-19-7-9-22-39(37)43(40-23-10-8-20-38(40)42-29-33-16-5-11-24-41(33)44-42)34-27-25-32(26-28-34)36-21-12-17-30-15-4-6-18-35(30)36/h1-29H. The Bertz CT molecular complexity index is 2190. The van der Waals surface area contributed by atoms with Crippen LogP contribution in [-0.4, -0.2) is 0 Å². The first-order valence-corrected chi connectivity index (χ1v) is 14.9. The van der Waals surface area contributed by atoms with Crippen LogP contribution in [0.1, 0.15) is 0 Å². The van der Waals surface area contributed by atoms with Gasteiger partial charge in [0.25, 0.3) is 0 Å². The number of fused-ring (bicyclic) bond motifs is 2. The van der Waals surface area contributed by atoms with E-state index in [0.717, 1.165) is 44.9 Å². The Morgan fingerprint density at radius 2 is 0.955 bits per heavy atom. The Labute approximate surface area is 257 Å². The molecule has 0 N–H and O–H groups in total. The van der Waals surface area contributed by atoms with Crippen molar-refractivity contribution in [3.63, 3.8) is 0 Å². The Balaban J connectivity index is 1.32. The summed E-state index contributed by atoms with van der Waals surface area (Å²) in [5.74, 6) is 0.844. The van der Waals surface area contributed by atoms with Crippen LogP contribution in [0.15, 0.2) is 180 Å². The van der Waals surface area contributed by atoms with Gasteiger partial charge in [0, 0.05) is 22.2 Å². The van der Waals surface area contributed by atoms with Crippen molar-refractivity contribution in [1.29, 1.82) is 0 Å². The summed E-state index contributed by atoms with van der Waals surface area (Å²) in [6.07, 6.45) is 0. The molecule has 0 saturated heterocycles. The molecule has 0 spiro atoms. The number of anilines is 3. The fraction of sp³-hybridized carbons (Fsp3) is 0. The van der Waals surface area contributed by atoms with Crippen molar-refractivity contribution in [2.24, 2.45) is 0 Å². The summed E-state index contributed by atoms with van der Waals surface area (Å²) < 4.78 is 6.42. The number of nitrogens with zero attached hydrogens (tertiary/aromatic N) is 1. The van der Waals surface area contributed by atoms with Crippen molar-refractivity contribution in [3.05, 3.63) is 176 Å². The van der Waals surface area contributed by atoms with Crippen LogP contribution in [0, 0.1) is 0 Å². The molecular formula is C42H29NO. The van der Waals surface area contributed by atoms with Crippen LogP contribution in [0.3, 0.4) is 0 Å². The van der Waals surface area contributed by atoms with E-state index in [1.54, 1.807) is 0 Å². The first-order chi connectivity index (χ1) is 21.8. The molecule has 0 saturated carbocycles. The number of furan rings is 1. The quantitative estimate of drug-likeness (QED) is 0.200. The van der Waals surface area contributed by atoms with E-state index in [2.05, 4.69) is 163 Å². The minimum Gasteiger partial charge on any atom is -0.456 e. The fourth-order valence-corrected chi connectivity index (χ4v) is 6.20. The van der Waals surface area contributed by atoms with Gasteiger partial charge in [-0.15, -0.1) is 0 Å². The summed E-state index contributed by atoms with van der Waals surface area (Å²) in [5, 5.41) is 3.59. The summed E-state index contributed by atoms with van der Waals surface area (Å²) in [6.45, 7) is 0. The van der Waals surface area contributed by atoms with E-state index in [-0.39, 0.29) is 0 Å². The third kappa shape index (κ3) is 4.63. The van der Waals surface area contributed by atoms with Crippen molar-refractivity contribution >= 4 is 38.8 Å². The Hall–Kier alpha value is -5.86. The Kier molecular flexibility index (Phi) is 6.51. The summed E-state index contributed by atoms with van der Waals surface area (Å²) in [6, 6.07) is 62.1. The van der Waals surface area contributed by atoms with Crippen molar-refractivity contribution in [3.8, 4) is 33.6 Å². The fourth-order valence-electron chi connectivity index (χ4n) is 6.20. The molecule has 0 aliphatic heterocycles. The summed E-state index contributed by atoms with van der Waals surface area (Å²) >= 11 is 0.